The fourth-order valence-corrected chi connectivity index (χ4v) is 2.47. The van der Waals surface area contributed by atoms with E-state index >= 15 is 0 Å². The Hall–Kier alpha value is -1.11. The quantitative estimate of drug-likeness (QED) is 0.391. The van der Waals surface area contributed by atoms with Crippen molar-refractivity contribution in [3.8, 4) is 0 Å². The molecule has 2 N–H and O–H groups in total. The summed E-state index contributed by atoms with van der Waals surface area (Å²) in [6.45, 7) is 2.88. The van der Waals surface area contributed by atoms with Crippen LogP contribution in [0.2, 0.25) is 0 Å². The zero-order chi connectivity index (χ0) is 16.9. The third-order valence-electron chi connectivity index (χ3n) is 3.54. The van der Waals surface area contributed by atoms with Crippen LogP contribution in [0.1, 0.15) is 19.2 Å². The van der Waals surface area contributed by atoms with Crippen LogP contribution in [0.25, 0.3) is 0 Å². The molecule has 1 saturated heterocycles. The summed E-state index contributed by atoms with van der Waals surface area (Å²) >= 11 is 0. The van der Waals surface area contributed by atoms with E-state index in [1.807, 2.05) is 6.92 Å². The van der Waals surface area contributed by atoms with E-state index in [1.54, 1.807) is 11.7 Å². The number of halogens is 4. The van der Waals surface area contributed by atoms with Crippen molar-refractivity contribution < 1.29 is 13.2 Å². The van der Waals surface area contributed by atoms with Gasteiger partial charge in [-0.05, 0) is 13.3 Å². The smallest absolute Gasteiger partial charge is 0.357 e. The zero-order valence-electron chi connectivity index (χ0n) is 13.7. The number of aromatic nitrogens is 3. The molecule has 0 saturated carbocycles. The molecule has 0 bridgehead atoms. The number of alkyl halides is 3. The summed E-state index contributed by atoms with van der Waals surface area (Å²) < 4.78 is 38.9. The molecule has 0 amide bonds. The van der Waals surface area contributed by atoms with Crippen molar-refractivity contribution in [3.63, 3.8) is 0 Å². The Morgan fingerprint density at radius 1 is 1.46 bits per heavy atom. The molecule has 11 heteroatoms. The molecule has 1 unspecified atom stereocenters. The van der Waals surface area contributed by atoms with Gasteiger partial charge in [0, 0.05) is 32.7 Å². The minimum absolute atomic E-state index is 0. The van der Waals surface area contributed by atoms with Crippen LogP contribution in [0, 0.1) is 0 Å². The van der Waals surface area contributed by atoms with Gasteiger partial charge in [-0.25, -0.2) is 9.98 Å². The summed E-state index contributed by atoms with van der Waals surface area (Å²) in [7, 11) is 1.78. The summed E-state index contributed by atoms with van der Waals surface area (Å²) in [6.07, 6.45) is -2.04. The number of hydrogen-bond acceptors (Lipinski definition) is 4. The molecule has 1 aliphatic heterocycles. The Morgan fingerprint density at radius 2 is 2.21 bits per heavy atom. The number of nitrogens with zero attached hydrogens (tertiary/aromatic N) is 5. The molecule has 1 atom stereocenters. The molecule has 24 heavy (non-hydrogen) atoms. The fraction of sp³-hybridized carbons (Fsp3) is 0.769. The number of rotatable bonds is 5. The maximum atomic E-state index is 12.4. The monoisotopic (exact) mass is 461 g/mol. The molecule has 2 heterocycles. The molecule has 1 fully saturated rings. The molecule has 7 nitrogen and oxygen atoms in total. The Balaban J connectivity index is 0.00000288. The molecule has 1 aromatic heterocycles. The van der Waals surface area contributed by atoms with Crippen LogP contribution in [-0.2, 0) is 13.6 Å². The Labute approximate surface area is 156 Å². The summed E-state index contributed by atoms with van der Waals surface area (Å²) in [5.41, 5.74) is 0. The summed E-state index contributed by atoms with van der Waals surface area (Å²) in [5.74, 6) is 1.29. The molecule has 138 valence electrons. The van der Waals surface area contributed by atoms with Gasteiger partial charge < -0.3 is 10.6 Å². The van der Waals surface area contributed by atoms with Crippen LogP contribution < -0.4 is 10.6 Å². The first-order valence-electron chi connectivity index (χ1n) is 7.54. The van der Waals surface area contributed by atoms with E-state index in [1.165, 1.54) is 11.2 Å². The van der Waals surface area contributed by atoms with E-state index < -0.39 is 12.7 Å². The van der Waals surface area contributed by atoms with Gasteiger partial charge in [0.2, 0.25) is 0 Å². The first kappa shape index (κ1) is 20.9. The van der Waals surface area contributed by atoms with E-state index in [-0.39, 0.29) is 30.0 Å². The van der Waals surface area contributed by atoms with E-state index in [2.05, 4.69) is 25.7 Å². The normalized spacial score (nSPS) is 19.2. The van der Waals surface area contributed by atoms with Crippen LogP contribution in [0.3, 0.4) is 0 Å². The van der Waals surface area contributed by atoms with Gasteiger partial charge in [-0.2, -0.15) is 18.3 Å². The molecule has 0 aromatic carbocycles. The average molecular weight is 461 g/mol. The van der Waals surface area contributed by atoms with E-state index in [0.29, 0.717) is 44.4 Å². The molecule has 1 aromatic rings. The number of hydrogen-bond donors (Lipinski definition) is 2. The lowest BCUT2D eigenvalue weighted by molar-refractivity contribution is -0.143. The maximum absolute atomic E-state index is 12.4. The standard InChI is InChI=1S/C13H22F3N7.HI/c1-3-17-12(18-6-11-19-9-20-22(11)2)21-10-4-5-23(7-10)8-13(14,15)16;/h9-10H,3-8H2,1-2H3,(H2,17,18,21);1H. The number of guanidine groups is 1. The van der Waals surface area contributed by atoms with Crippen molar-refractivity contribution in [2.75, 3.05) is 26.2 Å². The van der Waals surface area contributed by atoms with Crippen molar-refractivity contribution in [1.29, 1.82) is 0 Å². The second-order valence-corrected chi connectivity index (χ2v) is 5.48. The van der Waals surface area contributed by atoms with Crippen molar-refractivity contribution in [3.05, 3.63) is 12.2 Å². The number of nitrogens with one attached hydrogen (secondary N) is 2. The Kier molecular flexibility index (Phi) is 8.19. The van der Waals surface area contributed by atoms with E-state index in [4.69, 9.17) is 0 Å². The van der Waals surface area contributed by atoms with Crippen LogP contribution in [0.4, 0.5) is 13.2 Å². The lowest BCUT2D eigenvalue weighted by Crippen LogP contribution is -2.45. The molecule has 0 spiro atoms. The lowest BCUT2D eigenvalue weighted by atomic mass is 10.3. The minimum Gasteiger partial charge on any atom is -0.357 e. The predicted molar refractivity (Wildman–Crippen MR) is 95.3 cm³/mol. The molecule has 2 rings (SSSR count). The lowest BCUT2D eigenvalue weighted by Gasteiger charge is -2.19. The highest BCUT2D eigenvalue weighted by atomic mass is 127. The average Bonchev–Trinajstić information content (AvgIpc) is 3.04. The van der Waals surface area contributed by atoms with E-state index in [9.17, 15) is 13.2 Å². The van der Waals surface area contributed by atoms with Gasteiger partial charge in [-0.15, -0.1) is 24.0 Å². The second-order valence-electron chi connectivity index (χ2n) is 5.48. The minimum atomic E-state index is -4.15. The van der Waals surface area contributed by atoms with Crippen molar-refractivity contribution in [1.82, 2.24) is 30.3 Å². The highest BCUT2D eigenvalue weighted by Crippen LogP contribution is 2.19. The zero-order valence-corrected chi connectivity index (χ0v) is 16.0. The number of likely N-dealkylation sites (tertiary alicyclic amines) is 1. The fourth-order valence-electron chi connectivity index (χ4n) is 2.47. The van der Waals surface area contributed by atoms with Crippen LogP contribution >= 0.6 is 24.0 Å². The Morgan fingerprint density at radius 3 is 2.79 bits per heavy atom. The van der Waals surface area contributed by atoms with Gasteiger partial charge in [0.25, 0.3) is 0 Å². The summed E-state index contributed by atoms with van der Waals surface area (Å²) in [6, 6.07) is -0.0466. The van der Waals surface area contributed by atoms with Gasteiger partial charge in [0.15, 0.2) is 5.96 Å². The maximum Gasteiger partial charge on any atom is 0.401 e. The summed E-state index contributed by atoms with van der Waals surface area (Å²) in [5, 5.41) is 10.3. The highest BCUT2D eigenvalue weighted by Gasteiger charge is 2.34. The molecule has 0 radical (unpaired) electrons. The molecular formula is C13H23F3IN7. The highest BCUT2D eigenvalue weighted by molar-refractivity contribution is 14.0. The molecule has 1 aliphatic rings. The first-order valence-corrected chi connectivity index (χ1v) is 7.54. The van der Waals surface area contributed by atoms with Crippen LogP contribution in [0.5, 0.6) is 0 Å². The van der Waals surface area contributed by atoms with E-state index in [0.717, 1.165) is 0 Å². The van der Waals surface area contributed by atoms with Gasteiger partial charge >= 0.3 is 6.18 Å². The van der Waals surface area contributed by atoms with Crippen molar-refractivity contribution in [2.24, 2.45) is 12.0 Å². The van der Waals surface area contributed by atoms with Gasteiger partial charge in [0.1, 0.15) is 18.7 Å². The largest absolute Gasteiger partial charge is 0.401 e. The number of aryl methyl sites for hydroxylation is 1. The van der Waals surface area contributed by atoms with Gasteiger partial charge in [0.05, 0.1) is 6.54 Å². The van der Waals surface area contributed by atoms with Gasteiger partial charge in [-0.3, -0.25) is 9.58 Å². The SMILES string of the molecule is CCNC(=NCc1ncnn1C)NC1CCN(CC(F)(F)F)C1.I. The summed E-state index contributed by atoms with van der Waals surface area (Å²) in [4.78, 5) is 9.90. The van der Waals surface area contributed by atoms with Gasteiger partial charge in [-0.1, -0.05) is 0 Å². The second kappa shape index (κ2) is 9.39. The third-order valence-corrected chi connectivity index (χ3v) is 3.54. The van der Waals surface area contributed by atoms with Crippen LogP contribution in [-0.4, -0.2) is 64.0 Å². The number of aliphatic imine (C=N–C) groups is 1. The topological polar surface area (TPSA) is 70.4 Å². The van der Waals surface area contributed by atoms with Crippen LogP contribution in [0.15, 0.2) is 11.3 Å². The van der Waals surface area contributed by atoms with Crippen molar-refractivity contribution in [2.45, 2.75) is 32.1 Å². The third kappa shape index (κ3) is 6.79. The Bertz CT molecular complexity index is 532. The predicted octanol–water partition coefficient (Wildman–Crippen LogP) is 1.12. The first-order chi connectivity index (χ1) is 10.9. The van der Waals surface area contributed by atoms with Crippen molar-refractivity contribution >= 4 is 29.9 Å². The molecule has 0 aliphatic carbocycles. The molecular weight excluding hydrogens is 438 g/mol.